The Morgan fingerprint density at radius 2 is 2.05 bits per heavy atom. The number of nitrogens with one attached hydrogen (secondary N) is 1. The van der Waals surface area contributed by atoms with E-state index >= 15 is 0 Å². The summed E-state index contributed by atoms with van der Waals surface area (Å²) in [5.41, 5.74) is -0.185. The van der Waals surface area contributed by atoms with Gasteiger partial charge in [-0.2, -0.15) is 0 Å². The normalized spacial score (nSPS) is 11.6. The van der Waals surface area contributed by atoms with Crippen molar-refractivity contribution in [2.45, 2.75) is 18.7 Å². The first kappa shape index (κ1) is 15.5. The number of carboxylic acids is 1. The van der Waals surface area contributed by atoms with E-state index in [-0.39, 0.29) is 28.7 Å². The number of benzene rings is 1. The smallest absolute Gasteiger partial charge is 0.339 e. The van der Waals surface area contributed by atoms with Gasteiger partial charge in [-0.15, -0.1) is 0 Å². The molecular weight excluding hydrogens is 270 g/mol. The van der Waals surface area contributed by atoms with Crippen molar-refractivity contribution in [2.75, 3.05) is 13.7 Å². The van der Waals surface area contributed by atoms with Gasteiger partial charge in [0, 0.05) is 6.54 Å². The molecule has 1 rings (SSSR count). The first-order valence-electron chi connectivity index (χ1n) is 5.69. The summed E-state index contributed by atoms with van der Waals surface area (Å²) in [6.45, 7) is 4.04. The van der Waals surface area contributed by atoms with Gasteiger partial charge in [0.05, 0.1) is 12.0 Å². The van der Waals surface area contributed by atoms with Crippen molar-refractivity contribution < 1.29 is 23.1 Å². The average Bonchev–Trinajstić information content (AvgIpc) is 2.35. The molecule has 6 nitrogen and oxygen atoms in total. The molecule has 0 heterocycles. The summed E-state index contributed by atoms with van der Waals surface area (Å²) in [5.74, 6) is -0.958. The van der Waals surface area contributed by atoms with Gasteiger partial charge in [0.25, 0.3) is 0 Å². The maximum absolute atomic E-state index is 12.0. The molecule has 1 aromatic carbocycles. The summed E-state index contributed by atoms with van der Waals surface area (Å²) in [4.78, 5) is 10.9. The van der Waals surface area contributed by atoms with Gasteiger partial charge >= 0.3 is 5.97 Å². The van der Waals surface area contributed by atoms with Crippen molar-refractivity contribution in [3.05, 3.63) is 23.8 Å². The molecular formula is C12H17NO5S. The van der Waals surface area contributed by atoms with Gasteiger partial charge in [-0.25, -0.2) is 17.9 Å². The summed E-state index contributed by atoms with van der Waals surface area (Å²) in [6.07, 6.45) is 0. The van der Waals surface area contributed by atoms with Gasteiger partial charge in [-0.05, 0) is 24.1 Å². The summed E-state index contributed by atoms with van der Waals surface area (Å²) in [7, 11) is -2.38. The number of sulfonamides is 1. The molecule has 0 aliphatic carbocycles. The molecule has 0 radical (unpaired) electrons. The van der Waals surface area contributed by atoms with E-state index in [1.807, 2.05) is 13.8 Å². The minimum Gasteiger partial charge on any atom is -0.496 e. The molecule has 7 heteroatoms. The van der Waals surface area contributed by atoms with Crippen LogP contribution in [0.1, 0.15) is 24.2 Å². The van der Waals surface area contributed by atoms with Crippen molar-refractivity contribution in [2.24, 2.45) is 5.92 Å². The number of carbonyl (C=O) groups is 1. The van der Waals surface area contributed by atoms with Gasteiger partial charge in [-0.3, -0.25) is 0 Å². The first-order chi connectivity index (χ1) is 8.77. The lowest BCUT2D eigenvalue weighted by Gasteiger charge is -2.11. The van der Waals surface area contributed by atoms with E-state index < -0.39 is 16.0 Å². The molecule has 0 saturated heterocycles. The van der Waals surface area contributed by atoms with Crippen molar-refractivity contribution in [1.82, 2.24) is 4.72 Å². The monoisotopic (exact) mass is 287 g/mol. The SMILES string of the molecule is COc1ccc(S(=O)(=O)NCC(C)C)cc1C(=O)O. The second-order valence-corrected chi connectivity index (χ2v) is 6.18. The van der Waals surface area contributed by atoms with Gasteiger partial charge < -0.3 is 9.84 Å². The molecule has 0 saturated carbocycles. The van der Waals surface area contributed by atoms with E-state index in [4.69, 9.17) is 9.84 Å². The summed E-state index contributed by atoms with van der Waals surface area (Å²) in [6, 6.07) is 3.73. The van der Waals surface area contributed by atoms with Gasteiger partial charge in [0.15, 0.2) is 0 Å². The third-order valence-electron chi connectivity index (χ3n) is 2.39. The van der Waals surface area contributed by atoms with Crippen LogP contribution in [0.3, 0.4) is 0 Å². The Bertz CT molecular complexity index is 565. The third-order valence-corrected chi connectivity index (χ3v) is 3.81. The Hall–Kier alpha value is -1.60. The van der Waals surface area contributed by atoms with E-state index in [0.717, 1.165) is 6.07 Å². The first-order valence-corrected chi connectivity index (χ1v) is 7.17. The highest BCUT2D eigenvalue weighted by Gasteiger charge is 2.19. The fourth-order valence-electron chi connectivity index (χ4n) is 1.38. The van der Waals surface area contributed by atoms with Crippen molar-refractivity contribution in [3.8, 4) is 5.75 Å². The molecule has 19 heavy (non-hydrogen) atoms. The van der Waals surface area contributed by atoms with Crippen LogP contribution >= 0.6 is 0 Å². The molecule has 0 aromatic heterocycles. The van der Waals surface area contributed by atoms with Crippen LogP contribution in [0.4, 0.5) is 0 Å². The van der Waals surface area contributed by atoms with E-state index in [1.54, 1.807) is 0 Å². The Kier molecular flexibility index (Phi) is 4.90. The Balaban J connectivity index is 3.14. The van der Waals surface area contributed by atoms with E-state index in [0.29, 0.717) is 0 Å². The topological polar surface area (TPSA) is 92.7 Å². The molecule has 0 aliphatic rings. The van der Waals surface area contributed by atoms with Crippen molar-refractivity contribution in [3.63, 3.8) is 0 Å². The molecule has 2 N–H and O–H groups in total. The molecule has 0 fully saturated rings. The Morgan fingerprint density at radius 1 is 1.42 bits per heavy atom. The van der Waals surface area contributed by atoms with Crippen LogP contribution in [0.5, 0.6) is 5.75 Å². The van der Waals surface area contributed by atoms with Gasteiger partial charge in [-0.1, -0.05) is 13.8 Å². The molecule has 0 spiro atoms. The van der Waals surface area contributed by atoms with Crippen LogP contribution in [0.15, 0.2) is 23.1 Å². The minimum absolute atomic E-state index is 0.0913. The fraction of sp³-hybridized carbons (Fsp3) is 0.417. The summed E-state index contributed by atoms with van der Waals surface area (Å²) >= 11 is 0. The molecule has 106 valence electrons. The number of aromatic carboxylic acids is 1. The molecule has 0 amide bonds. The van der Waals surface area contributed by atoms with Crippen LogP contribution in [0.25, 0.3) is 0 Å². The minimum atomic E-state index is -3.71. The lowest BCUT2D eigenvalue weighted by atomic mass is 10.2. The van der Waals surface area contributed by atoms with E-state index in [9.17, 15) is 13.2 Å². The highest BCUT2D eigenvalue weighted by Crippen LogP contribution is 2.22. The number of hydrogen-bond acceptors (Lipinski definition) is 4. The Labute approximate surface area is 112 Å². The lowest BCUT2D eigenvalue weighted by molar-refractivity contribution is 0.0693. The molecule has 0 aliphatic heterocycles. The average molecular weight is 287 g/mol. The fourth-order valence-corrected chi connectivity index (χ4v) is 2.62. The zero-order chi connectivity index (χ0) is 14.6. The number of carboxylic acid groups (broad SMARTS) is 1. The standard InChI is InChI=1S/C12H17NO5S/c1-8(2)7-13-19(16,17)9-4-5-11(18-3)10(6-9)12(14)15/h4-6,8,13H,7H2,1-3H3,(H,14,15). The van der Waals surface area contributed by atoms with Crippen LogP contribution in [0, 0.1) is 5.92 Å². The summed E-state index contributed by atoms with van der Waals surface area (Å²) in [5, 5.41) is 9.01. The lowest BCUT2D eigenvalue weighted by Crippen LogP contribution is -2.27. The second-order valence-electron chi connectivity index (χ2n) is 4.41. The quantitative estimate of drug-likeness (QED) is 0.823. The number of methoxy groups -OCH3 is 1. The highest BCUT2D eigenvalue weighted by atomic mass is 32.2. The van der Waals surface area contributed by atoms with Gasteiger partial charge in [0.2, 0.25) is 10.0 Å². The van der Waals surface area contributed by atoms with Crippen LogP contribution < -0.4 is 9.46 Å². The predicted octanol–water partition coefficient (Wildman–Crippen LogP) is 1.33. The maximum Gasteiger partial charge on any atom is 0.339 e. The highest BCUT2D eigenvalue weighted by molar-refractivity contribution is 7.89. The van der Waals surface area contributed by atoms with Gasteiger partial charge in [0.1, 0.15) is 11.3 Å². The number of rotatable bonds is 6. The van der Waals surface area contributed by atoms with Crippen LogP contribution in [-0.4, -0.2) is 33.1 Å². The predicted molar refractivity (Wildman–Crippen MR) is 70.0 cm³/mol. The van der Waals surface area contributed by atoms with E-state index in [1.165, 1.54) is 19.2 Å². The van der Waals surface area contributed by atoms with Crippen LogP contribution in [-0.2, 0) is 10.0 Å². The molecule has 0 unspecified atom stereocenters. The Morgan fingerprint density at radius 3 is 2.53 bits per heavy atom. The maximum atomic E-state index is 12.0. The molecule has 0 bridgehead atoms. The van der Waals surface area contributed by atoms with E-state index in [2.05, 4.69) is 4.72 Å². The number of ether oxygens (including phenoxy) is 1. The largest absolute Gasteiger partial charge is 0.496 e. The molecule has 1 aromatic rings. The number of hydrogen-bond donors (Lipinski definition) is 2. The molecule has 0 atom stereocenters. The third kappa shape index (κ3) is 3.93. The van der Waals surface area contributed by atoms with Crippen LogP contribution in [0.2, 0.25) is 0 Å². The zero-order valence-corrected chi connectivity index (χ0v) is 11.8. The second kappa shape index (κ2) is 6.03. The van der Waals surface area contributed by atoms with Crippen molar-refractivity contribution in [1.29, 1.82) is 0 Å². The summed E-state index contributed by atoms with van der Waals surface area (Å²) < 4.78 is 31.2. The zero-order valence-electron chi connectivity index (χ0n) is 11.0. The van der Waals surface area contributed by atoms with Crippen molar-refractivity contribution >= 4 is 16.0 Å².